The standard InChI is InChI=1S/C16H17ClN2O2/c1-2-19-16(20)12-5-8-15(14(18)9-12)21-10-11-3-6-13(17)7-4-11/h3-9H,2,10,18H2,1H3,(H,19,20). The van der Waals surface area contributed by atoms with E-state index in [2.05, 4.69) is 5.32 Å². The molecule has 2 aromatic carbocycles. The van der Waals surface area contributed by atoms with Crippen molar-refractivity contribution in [2.24, 2.45) is 0 Å². The zero-order chi connectivity index (χ0) is 15.2. The van der Waals surface area contributed by atoms with Gasteiger partial charge in [-0.15, -0.1) is 0 Å². The molecule has 0 bridgehead atoms. The van der Waals surface area contributed by atoms with E-state index in [-0.39, 0.29) is 5.91 Å². The van der Waals surface area contributed by atoms with Crippen LogP contribution >= 0.6 is 11.6 Å². The summed E-state index contributed by atoms with van der Waals surface area (Å²) in [5.74, 6) is 0.409. The molecule has 0 spiro atoms. The first-order chi connectivity index (χ1) is 10.1. The van der Waals surface area contributed by atoms with Gasteiger partial charge in [0.25, 0.3) is 5.91 Å². The van der Waals surface area contributed by atoms with Crippen LogP contribution in [0, 0.1) is 0 Å². The van der Waals surface area contributed by atoms with Crippen molar-refractivity contribution in [3.63, 3.8) is 0 Å². The van der Waals surface area contributed by atoms with Crippen molar-refractivity contribution in [2.75, 3.05) is 12.3 Å². The Morgan fingerprint density at radius 3 is 2.57 bits per heavy atom. The summed E-state index contributed by atoms with van der Waals surface area (Å²) in [5.41, 5.74) is 7.87. The second-order valence-corrected chi connectivity index (χ2v) is 4.96. The van der Waals surface area contributed by atoms with E-state index in [1.165, 1.54) is 0 Å². The maximum Gasteiger partial charge on any atom is 0.251 e. The Morgan fingerprint density at radius 2 is 1.95 bits per heavy atom. The lowest BCUT2D eigenvalue weighted by Gasteiger charge is -2.10. The van der Waals surface area contributed by atoms with Crippen molar-refractivity contribution in [3.8, 4) is 5.75 Å². The molecule has 0 aromatic heterocycles. The lowest BCUT2D eigenvalue weighted by molar-refractivity contribution is 0.0956. The van der Waals surface area contributed by atoms with E-state index in [0.29, 0.717) is 35.2 Å². The molecule has 0 aliphatic carbocycles. The van der Waals surface area contributed by atoms with Gasteiger partial charge in [0.1, 0.15) is 12.4 Å². The maximum atomic E-state index is 11.7. The molecular weight excluding hydrogens is 288 g/mol. The number of rotatable bonds is 5. The van der Waals surface area contributed by atoms with Gasteiger partial charge in [0.15, 0.2) is 0 Å². The lowest BCUT2D eigenvalue weighted by atomic mass is 10.1. The predicted molar refractivity (Wildman–Crippen MR) is 84.6 cm³/mol. The van der Waals surface area contributed by atoms with Gasteiger partial charge in [-0.1, -0.05) is 23.7 Å². The Balaban J connectivity index is 2.04. The summed E-state index contributed by atoms with van der Waals surface area (Å²) in [6.07, 6.45) is 0. The third-order valence-electron chi connectivity index (χ3n) is 2.92. The molecule has 0 aliphatic rings. The Kier molecular flexibility index (Phi) is 5.06. The van der Waals surface area contributed by atoms with E-state index in [0.717, 1.165) is 5.56 Å². The van der Waals surface area contributed by atoms with Gasteiger partial charge in [-0.3, -0.25) is 4.79 Å². The summed E-state index contributed by atoms with van der Waals surface area (Å²) in [4.78, 5) is 11.7. The van der Waals surface area contributed by atoms with Crippen molar-refractivity contribution >= 4 is 23.2 Å². The number of anilines is 1. The summed E-state index contributed by atoms with van der Waals surface area (Å²) >= 11 is 5.83. The number of nitrogen functional groups attached to an aromatic ring is 1. The molecule has 1 amide bonds. The Bertz CT molecular complexity index is 627. The average molecular weight is 305 g/mol. The van der Waals surface area contributed by atoms with Crippen LogP contribution in [0.3, 0.4) is 0 Å². The van der Waals surface area contributed by atoms with Crippen LogP contribution in [0.4, 0.5) is 5.69 Å². The van der Waals surface area contributed by atoms with Crippen LogP contribution in [0.1, 0.15) is 22.8 Å². The molecule has 0 saturated carbocycles. The zero-order valence-electron chi connectivity index (χ0n) is 11.7. The van der Waals surface area contributed by atoms with E-state index in [9.17, 15) is 4.79 Å². The zero-order valence-corrected chi connectivity index (χ0v) is 12.5. The van der Waals surface area contributed by atoms with Gasteiger partial charge < -0.3 is 15.8 Å². The van der Waals surface area contributed by atoms with Crippen molar-refractivity contribution in [3.05, 3.63) is 58.6 Å². The van der Waals surface area contributed by atoms with Crippen LogP contribution in [-0.4, -0.2) is 12.5 Å². The smallest absolute Gasteiger partial charge is 0.251 e. The SMILES string of the molecule is CCNC(=O)c1ccc(OCc2ccc(Cl)cc2)c(N)c1. The minimum Gasteiger partial charge on any atom is -0.487 e. The number of amides is 1. The molecular formula is C16H17ClN2O2. The van der Waals surface area contributed by atoms with Gasteiger partial charge in [0, 0.05) is 17.1 Å². The van der Waals surface area contributed by atoms with E-state index < -0.39 is 0 Å². The van der Waals surface area contributed by atoms with Gasteiger partial charge in [-0.2, -0.15) is 0 Å². The highest BCUT2D eigenvalue weighted by molar-refractivity contribution is 6.30. The lowest BCUT2D eigenvalue weighted by Crippen LogP contribution is -2.22. The molecule has 0 radical (unpaired) electrons. The van der Waals surface area contributed by atoms with Crippen molar-refractivity contribution in [1.82, 2.24) is 5.32 Å². The molecule has 2 rings (SSSR count). The van der Waals surface area contributed by atoms with Crippen LogP contribution in [0.2, 0.25) is 5.02 Å². The van der Waals surface area contributed by atoms with Crippen molar-refractivity contribution < 1.29 is 9.53 Å². The summed E-state index contributed by atoms with van der Waals surface area (Å²) < 4.78 is 5.66. The molecule has 0 heterocycles. The van der Waals surface area contributed by atoms with Crippen molar-refractivity contribution in [2.45, 2.75) is 13.5 Å². The number of carbonyl (C=O) groups excluding carboxylic acids is 1. The molecule has 5 heteroatoms. The number of hydrogen-bond donors (Lipinski definition) is 2. The number of halogens is 1. The minimum atomic E-state index is -0.145. The summed E-state index contributed by atoms with van der Waals surface area (Å²) in [7, 11) is 0. The van der Waals surface area contributed by atoms with Gasteiger partial charge >= 0.3 is 0 Å². The van der Waals surface area contributed by atoms with E-state index in [1.54, 1.807) is 18.2 Å². The molecule has 0 unspecified atom stereocenters. The molecule has 0 fully saturated rings. The quantitative estimate of drug-likeness (QED) is 0.833. The predicted octanol–water partition coefficient (Wildman–Crippen LogP) is 3.25. The van der Waals surface area contributed by atoms with E-state index >= 15 is 0 Å². The van der Waals surface area contributed by atoms with Crippen molar-refractivity contribution in [1.29, 1.82) is 0 Å². The molecule has 3 N–H and O–H groups in total. The number of hydrogen-bond acceptors (Lipinski definition) is 3. The third-order valence-corrected chi connectivity index (χ3v) is 3.17. The van der Waals surface area contributed by atoms with Gasteiger partial charge in [0.2, 0.25) is 0 Å². The molecule has 0 atom stereocenters. The molecule has 21 heavy (non-hydrogen) atoms. The number of nitrogens with one attached hydrogen (secondary N) is 1. The summed E-state index contributed by atoms with van der Waals surface area (Å²) in [6.45, 7) is 2.83. The van der Waals surface area contributed by atoms with Crippen LogP contribution in [0.15, 0.2) is 42.5 Å². The fourth-order valence-electron chi connectivity index (χ4n) is 1.83. The fraction of sp³-hybridized carbons (Fsp3) is 0.188. The molecule has 4 nitrogen and oxygen atoms in total. The highest BCUT2D eigenvalue weighted by atomic mass is 35.5. The van der Waals surface area contributed by atoms with Crippen LogP contribution in [0.5, 0.6) is 5.75 Å². The molecule has 0 aliphatic heterocycles. The third kappa shape index (κ3) is 4.13. The fourth-order valence-corrected chi connectivity index (χ4v) is 1.95. The summed E-state index contributed by atoms with van der Waals surface area (Å²) in [5, 5.41) is 3.41. The van der Waals surface area contributed by atoms with Crippen LogP contribution in [-0.2, 0) is 6.61 Å². The van der Waals surface area contributed by atoms with Crippen LogP contribution < -0.4 is 15.8 Å². The maximum absolute atomic E-state index is 11.7. The highest BCUT2D eigenvalue weighted by Gasteiger charge is 2.08. The summed E-state index contributed by atoms with van der Waals surface area (Å²) in [6, 6.07) is 12.4. The van der Waals surface area contributed by atoms with Gasteiger partial charge in [0.05, 0.1) is 5.69 Å². The first-order valence-corrected chi connectivity index (χ1v) is 7.03. The first kappa shape index (κ1) is 15.2. The average Bonchev–Trinajstić information content (AvgIpc) is 2.48. The molecule has 0 saturated heterocycles. The second-order valence-electron chi connectivity index (χ2n) is 4.53. The number of ether oxygens (including phenoxy) is 1. The Hall–Kier alpha value is -2.20. The number of benzene rings is 2. The second kappa shape index (κ2) is 6.99. The largest absolute Gasteiger partial charge is 0.487 e. The number of nitrogens with two attached hydrogens (primary N) is 1. The van der Waals surface area contributed by atoms with Gasteiger partial charge in [-0.25, -0.2) is 0 Å². The van der Waals surface area contributed by atoms with E-state index in [4.69, 9.17) is 22.1 Å². The van der Waals surface area contributed by atoms with Crippen LogP contribution in [0.25, 0.3) is 0 Å². The molecule has 110 valence electrons. The highest BCUT2D eigenvalue weighted by Crippen LogP contribution is 2.24. The topological polar surface area (TPSA) is 64.3 Å². The minimum absolute atomic E-state index is 0.145. The Morgan fingerprint density at radius 1 is 1.24 bits per heavy atom. The van der Waals surface area contributed by atoms with Gasteiger partial charge in [-0.05, 0) is 42.8 Å². The monoisotopic (exact) mass is 304 g/mol. The van der Waals surface area contributed by atoms with E-state index in [1.807, 2.05) is 31.2 Å². The normalized spacial score (nSPS) is 10.2. The molecule has 2 aromatic rings. The first-order valence-electron chi connectivity index (χ1n) is 6.65. The Labute approximate surface area is 128 Å². The number of carbonyl (C=O) groups is 1.